The Morgan fingerprint density at radius 1 is 1.35 bits per heavy atom. The minimum atomic E-state index is -0.904. The van der Waals surface area contributed by atoms with Crippen molar-refractivity contribution in [1.29, 1.82) is 0 Å². The van der Waals surface area contributed by atoms with Gasteiger partial charge in [-0.15, -0.1) is 0 Å². The molecule has 6 nitrogen and oxygen atoms in total. The monoisotopic (exact) mass is 292 g/mol. The lowest BCUT2D eigenvalue weighted by Crippen LogP contribution is -2.28. The molecular formula is C13H12N2O4S. The number of carbonyl (C=O) groups is 1. The first kappa shape index (κ1) is 14.2. The van der Waals surface area contributed by atoms with Crippen molar-refractivity contribution in [2.24, 2.45) is 0 Å². The number of aliphatic hydroxyl groups is 1. The van der Waals surface area contributed by atoms with Crippen molar-refractivity contribution >= 4 is 22.9 Å². The number of nitro benzene ring substituents is 1. The first-order chi connectivity index (χ1) is 9.58. The minimum absolute atomic E-state index is 0.0386. The molecule has 0 saturated heterocycles. The van der Waals surface area contributed by atoms with E-state index in [1.807, 2.05) is 0 Å². The maximum atomic E-state index is 11.7. The third kappa shape index (κ3) is 3.40. The summed E-state index contributed by atoms with van der Waals surface area (Å²) in [4.78, 5) is 21.7. The highest BCUT2D eigenvalue weighted by molar-refractivity contribution is 7.08. The van der Waals surface area contributed by atoms with Crippen LogP contribution in [-0.4, -0.2) is 22.5 Å². The second-order valence-corrected chi connectivity index (χ2v) is 4.87. The van der Waals surface area contributed by atoms with Crippen molar-refractivity contribution in [3.05, 3.63) is 62.3 Å². The highest BCUT2D eigenvalue weighted by atomic mass is 32.1. The van der Waals surface area contributed by atoms with Gasteiger partial charge in [0.25, 0.3) is 11.6 Å². The molecule has 0 aliphatic carbocycles. The SMILES string of the molecule is O=C(NC[C@@H](O)c1ccc([N+](=O)[O-])cc1)c1ccsc1. The second kappa shape index (κ2) is 6.27. The molecule has 1 heterocycles. The summed E-state index contributed by atoms with van der Waals surface area (Å²) in [5.41, 5.74) is 1.02. The van der Waals surface area contributed by atoms with Crippen molar-refractivity contribution < 1.29 is 14.8 Å². The van der Waals surface area contributed by atoms with Crippen LogP contribution in [0.1, 0.15) is 22.0 Å². The van der Waals surface area contributed by atoms with Gasteiger partial charge in [0.2, 0.25) is 0 Å². The van der Waals surface area contributed by atoms with E-state index in [0.29, 0.717) is 11.1 Å². The molecule has 0 aliphatic heterocycles. The van der Waals surface area contributed by atoms with E-state index in [1.165, 1.54) is 35.6 Å². The van der Waals surface area contributed by atoms with Gasteiger partial charge in [-0.1, -0.05) is 0 Å². The van der Waals surface area contributed by atoms with Crippen molar-refractivity contribution in [2.75, 3.05) is 6.54 Å². The van der Waals surface area contributed by atoms with Gasteiger partial charge in [0.05, 0.1) is 11.0 Å². The minimum Gasteiger partial charge on any atom is -0.387 e. The molecule has 104 valence electrons. The molecule has 2 aromatic rings. The maximum Gasteiger partial charge on any atom is 0.269 e. The summed E-state index contributed by atoms with van der Waals surface area (Å²) in [7, 11) is 0. The lowest BCUT2D eigenvalue weighted by molar-refractivity contribution is -0.384. The maximum absolute atomic E-state index is 11.7. The van der Waals surface area contributed by atoms with Gasteiger partial charge >= 0.3 is 0 Å². The zero-order valence-electron chi connectivity index (χ0n) is 10.4. The summed E-state index contributed by atoms with van der Waals surface area (Å²) < 4.78 is 0. The van der Waals surface area contributed by atoms with E-state index in [9.17, 15) is 20.0 Å². The van der Waals surface area contributed by atoms with E-state index in [-0.39, 0.29) is 18.1 Å². The van der Waals surface area contributed by atoms with Crippen molar-refractivity contribution in [3.63, 3.8) is 0 Å². The zero-order chi connectivity index (χ0) is 14.5. The molecule has 2 N–H and O–H groups in total. The molecule has 1 aromatic carbocycles. The van der Waals surface area contributed by atoms with Gasteiger partial charge in [0, 0.05) is 29.6 Å². The fraction of sp³-hybridized carbons (Fsp3) is 0.154. The van der Waals surface area contributed by atoms with Crippen LogP contribution >= 0.6 is 11.3 Å². The number of rotatable bonds is 5. The molecule has 0 radical (unpaired) electrons. The molecule has 1 amide bonds. The van der Waals surface area contributed by atoms with Crippen LogP contribution in [-0.2, 0) is 0 Å². The molecule has 0 bridgehead atoms. The van der Waals surface area contributed by atoms with Crippen LogP contribution in [0.3, 0.4) is 0 Å². The van der Waals surface area contributed by atoms with Gasteiger partial charge < -0.3 is 10.4 Å². The van der Waals surface area contributed by atoms with Gasteiger partial charge in [0.15, 0.2) is 0 Å². The molecule has 1 atom stereocenters. The molecule has 0 unspecified atom stereocenters. The number of hydrogen-bond acceptors (Lipinski definition) is 5. The van der Waals surface area contributed by atoms with Crippen LogP contribution in [0.5, 0.6) is 0 Å². The van der Waals surface area contributed by atoms with Crippen LogP contribution in [0.2, 0.25) is 0 Å². The predicted molar refractivity (Wildman–Crippen MR) is 74.7 cm³/mol. The van der Waals surface area contributed by atoms with Crippen molar-refractivity contribution in [1.82, 2.24) is 5.32 Å². The van der Waals surface area contributed by atoms with Crippen LogP contribution in [0, 0.1) is 10.1 Å². The van der Waals surface area contributed by atoms with Gasteiger partial charge in [-0.2, -0.15) is 11.3 Å². The highest BCUT2D eigenvalue weighted by Gasteiger charge is 2.12. The second-order valence-electron chi connectivity index (χ2n) is 4.09. The average molecular weight is 292 g/mol. The topological polar surface area (TPSA) is 92.5 Å². The number of nitrogens with zero attached hydrogens (tertiary/aromatic N) is 1. The number of amides is 1. The van der Waals surface area contributed by atoms with Gasteiger partial charge in [0.1, 0.15) is 0 Å². The van der Waals surface area contributed by atoms with Crippen molar-refractivity contribution in [2.45, 2.75) is 6.10 Å². The first-order valence-electron chi connectivity index (χ1n) is 5.81. The van der Waals surface area contributed by atoms with E-state index in [0.717, 1.165) is 0 Å². The molecule has 7 heteroatoms. The molecule has 2 rings (SSSR count). The molecule has 1 aromatic heterocycles. The summed E-state index contributed by atoms with van der Waals surface area (Å²) in [6, 6.07) is 7.27. The Morgan fingerprint density at radius 3 is 2.60 bits per heavy atom. The number of non-ortho nitro benzene ring substituents is 1. The number of carbonyl (C=O) groups excluding carboxylic acids is 1. The van der Waals surface area contributed by atoms with Crippen molar-refractivity contribution in [3.8, 4) is 0 Å². The van der Waals surface area contributed by atoms with Gasteiger partial charge in [-0.05, 0) is 29.1 Å². The van der Waals surface area contributed by atoms with Gasteiger partial charge in [-0.3, -0.25) is 14.9 Å². The van der Waals surface area contributed by atoms with E-state index < -0.39 is 11.0 Å². The highest BCUT2D eigenvalue weighted by Crippen LogP contribution is 2.17. The summed E-state index contributed by atoms with van der Waals surface area (Å²) in [6.07, 6.45) is -0.904. The molecule has 20 heavy (non-hydrogen) atoms. The number of benzene rings is 1. The molecular weight excluding hydrogens is 280 g/mol. The van der Waals surface area contributed by atoms with Crippen LogP contribution in [0.4, 0.5) is 5.69 Å². The summed E-state index contributed by atoms with van der Waals surface area (Å²) in [6.45, 7) is 0.0481. The lowest BCUT2D eigenvalue weighted by atomic mass is 10.1. The summed E-state index contributed by atoms with van der Waals surface area (Å²) in [5, 5.41) is 26.5. The summed E-state index contributed by atoms with van der Waals surface area (Å²) in [5.74, 6) is -0.257. The van der Waals surface area contributed by atoms with Gasteiger partial charge in [-0.25, -0.2) is 0 Å². The van der Waals surface area contributed by atoms with E-state index >= 15 is 0 Å². The largest absolute Gasteiger partial charge is 0.387 e. The number of aliphatic hydroxyl groups excluding tert-OH is 1. The number of nitro groups is 1. The first-order valence-corrected chi connectivity index (χ1v) is 6.75. The predicted octanol–water partition coefficient (Wildman–Crippen LogP) is 2.12. The molecule has 0 aliphatic rings. The van der Waals surface area contributed by atoms with E-state index in [2.05, 4.69) is 5.32 Å². The molecule has 0 fully saturated rings. The van der Waals surface area contributed by atoms with Crippen LogP contribution in [0.15, 0.2) is 41.1 Å². The fourth-order valence-corrected chi connectivity index (χ4v) is 2.26. The Kier molecular flexibility index (Phi) is 4.44. The quantitative estimate of drug-likeness (QED) is 0.652. The summed E-state index contributed by atoms with van der Waals surface area (Å²) >= 11 is 1.42. The zero-order valence-corrected chi connectivity index (χ0v) is 11.2. The normalized spacial score (nSPS) is 11.8. The number of hydrogen-bond donors (Lipinski definition) is 2. The smallest absolute Gasteiger partial charge is 0.269 e. The Hall–Kier alpha value is -2.25. The Labute approximate surface area is 118 Å². The lowest BCUT2D eigenvalue weighted by Gasteiger charge is -2.11. The third-order valence-corrected chi connectivity index (χ3v) is 3.41. The molecule has 0 spiro atoms. The number of nitrogens with one attached hydrogen (secondary N) is 1. The Balaban J connectivity index is 1.93. The van der Waals surface area contributed by atoms with Crippen LogP contribution < -0.4 is 5.32 Å². The van der Waals surface area contributed by atoms with E-state index in [1.54, 1.807) is 16.8 Å². The Bertz CT molecular complexity index is 595. The molecule has 0 saturated carbocycles. The number of thiophene rings is 1. The van der Waals surface area contributed by atoms with E-state index in [4.69, 9.17) is 0 Å². The third-order valence-electron chi connectivity index (χ3n) is 2.73. The Morgan fingerprint density at radius 2 is 2.05 bits per heavy atom. The average Bonchev–Trinajstić information content (AvgIpc) is 2.98. The fourth-order valence-electron chi connectivity index (χ4n) is 1.62. The van der Waals surface area contributed by atoms with Crippen LogP contribution in [0.25, 0.3) is 0 Å². The standard InChI is InChI=1S/C13H12N2O4S/c16-12(7-14-13(17)10-5-6-20-8-10)9-1-3-11(4-2-9)15(18)19/h1-6,8,12,16H,7H2,(H,14,17)/t12-/m1/s1.